The van der Waals surface area contributed by atoms with Gasteiger partial charge in [0.2, 0.25) is 0 Å². The van der Waals surface area contributed by atoms with Crippen molar-refractivity contribution in [1.29, 1.82) is 0 Å². The third-order valence-electron chi connectivity index (χ3n) is 3.71. The summed E-state index contributed by atoms with van der Waals surface area (Å²) in [6, 6.07) is 13.9. The van der Waals surface area contributed by atoms with Crippen LogP contribution < -0.4 is 10.1 Å². The van der Waals surface area contributed by atoms with Crippen molar-refractivity contribution in [2.45, 2.75) is 6.42 Å². The van der Waals surface area contributed by atoms with E-state index in [0.29, 0.717) is 22.1 Å². The molecule has 0 aliphatic carbocycles. The Morgan fingerprint density at radius 1 is 1.16 bits per heavy atom. The number of nitrogens with zero attached hydrogens (tertiary/aromatic N) is 1. The van der Waals surface area contributed by atoms with Crippen molar-refractivity contribution >= 4 is 16.9 Å². The van der Waals surface area contributed by atoms with E-state index in [2.05, 4.69) is 4.99 Å². The fourth-order valence-electron chi connectivity index (χ4n) is 2.46. The van der Waals surface area contributed by atoms with E-state index >= 15 is 0 Å². The van der Waals surface area contributed by atoms with E-state index < -0.39 is 5.97 Å². The molecule has 0 radical (unpaired) electrons. The van der Waals surface area contributed by atoms with Crippen LogP contribution in [0.25, 0.3) is 22.3 Å². The Balaban J connectivity index is 2.13. The number of carbonyl (C=O) groups is 1. The fourth-order valence-corrected chi connectivity index (χ4v) is 2.46. The monoisotopic (exact) mass is 339 g/mol. The largest absolute Gasteiger partial charge is 0.508 e. The van der Waals surface area contributed by atoms with E-state index in [1.54, 1.807) is 25.3 Å². The number of benzene rings is 2. The lowest BCUT2D eigenvalue weighted by Crippen LogP contribution is -2.07. The highest BCUT2D eigenvalue weighted by Gasteiger charge is 2.07. The molecule has 0 atom stereocenters. The summed E-state index contributed by atoms with van der Waals surface area (Å²) in [6.07, 6.45) is -0.0653. The predicted octanol–water partition coefficient (Wildman–Crippen LogP) is 3.19. The molecule has 0 unspecified atom stereocenters. The van der Waals surface area contributed by atoms with Crippen LogP contribution in [0.15, 0.2) is 57.9 Å². The maximum atomic E-state index is 10.7. The Kier molecular flexibility index (Phi) is 4.70. The van der Waals surface area contributed by atoms with Gasteiger partial charge in [0.1, 0.15) is 22.8 Å². The third-order valence-corrected chi connectivity index (χ3v) is 3.71. The van der Waals surface area contributed by atoms with Crippen LogP contribution in [0, 0.1) is 0 Å². The van der Waals surface area contributed by atoms with Crippen LogP contribution in [-0.2, 0) is 4.79 Å². The van der Waals surface area contributed by atoms with Gasteiger partial charge in [-0.25, -0.2) is 0 Å². The van der Waals surface area contributed by atoms with Gasteiger partial charge in [-0.3, -0.25) is 9.79 Å². The number of methoxy groups -OCH3 is 1. The van der Waals surface area contributed by atoms with E-state index in [1.165, 1.54) is 6.07 Å². The number of ether oxygens (including phenoxy) is 1. The molecule has 6 nitrogen and oxygen atoms in total. The average Bonchev–Trinajstić information content (AvgIpc) is 2.61. The Morgan fingerprint density at radius 2 is 1.92 bits per heavy atom. The van der Waals surface area contributed by atoms with Gasteiger partial charge >= 0.3 is 5.97 Å². The molecule has 0 saturated heterocycles. The third kappa shape index (κ3) is 3.80. The Labute approximate surface area is 143 Å². The molecule has 3 aromatic rings. The highest BCUT2D eigenvalue weighted by atomic mass is 16.5. The molecular formula is C19H17NO5. The smallest absolute Gasteiger partial charge is 0.305 e. The Morgan fingerprint density at radius 3 is 2.60 bits per heavy atom. The van der Waals surface area contributed by atoms with Crippen LogP contribution in [-0.4, -0.2) is 29.8 Å². The minimum absolute atomic E-state index is 0.0653. The average molecular weight is 339 g/mol. The second kappa shape index (κ2) is 7.09. The van der Waals surface area contributed by atoms with Gasteiger partial charge in [-0.15, -0.1) is 0 Å². The molecule has 0 saturated carbocycles. The van der Waals surface area contributed by atoms with Gasteiger partial charge in [-0.2, -0.15) is 0 Å². The lowest BCUT2D eigenvalue weighted by Gasteiger charge is -2.06. The van der Waals surface area contributed by atoms with Crippen LogP contribution in [0.1, 0.15) is 6.42 Å². The first-order chi connectivity index (χ1) is 12.1. The van der Waals surface area contributed by atoms with Crippen LogP contribution in [0.4, 0.5) is 0 Å². The summed E-state index contributed by atoms with van der Waals surface area (Å²) in [4.78, 5) is 15.1. The zero-order chi connectivity index (χ0) is 17.8. The van der Waals surface area contributed by atoms with Gasteiger partial charge in [0, 0.05) is 17.0 Å². The van der Waals surface area contributed by atoms with Gasteiger partial charge in [0.05, 0.1) is 25.4 Å². The molecule has 1 heterocycles. The number of aliphatic carboxylic acids is 1. The molecule has 0 aliphatic rings. The Hall–Kier alpha value is -3.28. The summed E-state index contributed by atoms with van der Waals surface area (Å²) in [6.45, 7) is 0.145. The van der Waals surface area contributed by atoms with Gasteiger partial charge in [-0.05, 0) is 42.5 Å². The van der Waals surface area contributed by atoms with Crippen molar-refractivity contribution < 1.29 is 24.2 Å². The summed E-state index contributed by atoms with van der Waals surface area (Å²) in [5.74, 6) is 0.511. The molecule has 25 heavy (non-hydrogen) atoms. The van der Waals surface area contributed by atoms with Crippen molar-refractivity contribution in [3.63, 3.8) is 0 Å². The van der Waals surface area contributed by atoms with Crippen molar-refractivity contribution in [3.05, 3.63) is 53.9 Å². The molecule has 6 heteroatoms. The zero-order valence-corrected chi connectivity index (χ0v) is 13.6. The maximum Gasteiger partial charge on any atom is 0.305 e. The summed E-state index contributed by atoms with van der Waals surface area (Å²) in [5.41, 5.74) is 1.39. The second-order valence-electron chi connectivity index (χ2n) is 5.43. The molecule has 2 N–H and O–H groups in total. The minimum Gasteiger partial charge on any atom is -0.508 e. The number of hydrogen-bond donors (Lipinski definition) is 2. The minimum atomic E-state index is -0.910. The highest BCUT2D eigenvalue weighted by Crippen LogP contribution is 2.25. The molecule has 0 fully saturated rings. The van der Waals surface area contributed by atoms with Crippen LogP contribution in [0.5, 0.6) is 11.5 Å². The molecule has 1 aromatic heterocycles. The summed E-state index contributed by atoms with van der Waals surface area (Å²) < 4.78 is 11.1. The molecule has 0 amide bonds. The number of carboxylic acid groups (broad SMARTS) is 1. The summed E-state index contributed by atoms with van der Waals surface area (Å²) >= 11 is 0. The number of hydrogen-bond acceptors (Lipinski definition) is 5. The van der Waals surface area contributed by atoms with Crippen molar-refractivity contribution in [1.82, 2.24) is 0 Å². The lowest BCUT2D eigenvalue weighted by atomic mass is 10.1. The summed E-state index contributed by atoms with van der Waals surface area (Å²) in [7, 11) is 1.60. The van der Waals surface area contributed by atoms with Crippen LogP contribution in [0.3, 0.4) is 0 Å². The lowest BCUT2D eigenvalue weighted by molar-refractivity contribution is -0.136. The number of rotatable bonds is 5. The highest BCUT2D eigenvalue weighted by molar-refractivity contribution is 5.80. The van der Waals surface area contributed by atoms with Gasteiger partial charge in [0.25, 0.3) is 0 Å². The maximum absolute atomic E-state index is 10.7. The van der Waals surface area contributed by atoms with E-state index in [1.807, 2.05) is 24.3 Å². The first-order valence-electron chi connectivity index (χ1n) is 7.70. The molecule has 3 rings (SSSR count). The normalized spacial score (nSPS) is 11.6. The van der Waals surface area contributed by atoms with E-state index in [9.17, 15) is 9.90 Å². The number of aromatic hydroxyl groups is 1. The first-order valence-corrected chi connectivity index (χ1v) is 7.70. The van der Waals surface area contributed by atoms with E-state index in [-0.39, 0.29) is 18.7 Å². The Bertz CT molecular complexity index is 973. The zero-order valence-electron chi connectivity index (χ0n) is 13.6. The van der Waals surface area contributed by atoms with Crippen molar-refractivity contribution in [2.24, 2.45) is 4.99 Å². The molecule has 0 spiro atoms. The SMILES string of the molecule is COc1ccc(-c2cc(=NCCC(=O)O)c3cc(O)ccc3o2)cc1. The first kappa shape index (κ1) is 16.6. The topological polar surface area (TPSA) is 92.3 Å². The summed E-state index contributed by atoms with van der Waals surface area (Å²) in [5, 5.41) is 19.7. The molecular weight excluding hydrogens is 322 g/mol. The predicted molar refractivity (Wildman–Crippen MR) is 92.5 cm³/mol. The number of phenols is 1. The molecule has 0 aliphatic heterocycles. The number of phenolic OH excluding ortho intramolecular Hbond substituents is 1. The molecule has 0 bridgehead atoms. The van der Waals surface area contributed by atoms with Crippen LogP contribution in [0.2, 0.25) is 0 Å². The quantitative estimate of drug-likeness (QED) is 0.745. The van der Waals surface area contributed by atoms with Crippen molar-refractivity contribution in [3.8, 4) is 22.8 Å². The molecule has 2 aromatic carbocycles. The van der Waals surface area contributed by atoms with E-state index in [0.717, 1.165) is 11.3 Å². The molecule has 128 valence electrons. The van der Waals surface area contributed by atoms with E-state index in [4.69, 9.17) is 14.3 Å². The number of carboxylic acids is 1. The van der Waals surface area contributed by atoms with Gasteiger partial charge in [-0.1, -0.05) is 0 Å². The second-order valence-corrected chi connectivity index (χ2v) is 5.43. The van der Waals surface area contributed by atoms with Crippen molar-refractivity contribution in [2.75, 3.05) is 13.7 Å². The van der Waals surface area contributed by atoms with Crippen LogP contribution >= 0.6 is 0 Å². The fraction of sp³-hybridized carbons (Fsp3) is 0.158. The standard InChI is InChI=1S/C19H17NO5/c1-24-14-5-2-12(3-6-14)18-11-16(20-9-8-19(22)23)15-10-13(21)4-7-17(15)25-18/h2-7,10-11,21H,8-9H2,1H3,(H,22,23). The van der Waals surface area contributed by atoms with Gasteiger partial charge < -0.3 is 19.4 Å². The number of fused-ring (bicyclic) bond motifs is 1. The van der Waals surface area contributed by atoms with Gasteiger partial charge in [0.15, 0.2) is 0 Å².